The number of amides is 1. The van der Waals surface area contributed by atoms with Crippen molar-refractivity contribution in [3.05, 3.63) is 75.6 Å². The molecule has 0 aliphatic rings. The second-order valence-corrected chi connectivity index (χ2v) is 6.46. The number of nitrogens with zero attached hydrogens (tertiary/aromatic N) is 5. The van der Waals surface area contributed by atoms with Gasteiger partial charge in [0.05, 0.1) is 16.3 Å². The van der Waals surface area contributed by atoms with E-state index < -0.39 is 4.92 Å². The molecule has 0 bridgehead atoms. The molecule has 0 saturated carbocycles. The van der Waals surface area contributed by atoms with Crippen molar-refractivity contribution in [1.29, 1.82) is 0 Å². The molecule has 0 fully saturated rings. The van der Waals surface area contributed by atoms with Gasteiger partial charge in [-0.15, -0.1) is 5.10 Å². The highest BCUT2D eigenvalue weighted by Gasteiger charge is 2.18. The van der Waals surface area contributed by atoms with Gasteiger partial charge in [-0.1, -0.05) is 23.4 Å². The van der Waals surface area contributed by atoms with E-state index in [0.717, 1.165) is 11.3 Å². The molecule has 0 radical (unpaired) electrons. The molecule has 28 heavy (non-hydrogen) atoms. The van der Waals surface area contributed by atoms with Crippen LogP contribution in [-0.4, -0.2) is 39.9 Å². The van der Waals surface area contributed by atoms with Gasteiger partial charge in [-0.3, -0.25) is 14.9 Å². The first kappa shape index (κ1) is 19.0. The summed E-state index contributed by atoms with van der Waals surface area (Å²) in [5.74, 6) is -0.356. The van der Waals surface area contributed by atoms with Crippen LogP contribution in [0.2, 0.25) is 0 Å². The lowest BCUT2D eigenvalue weighted by Crippen LogP contribution is -2.24. The number of carbonyl (C=O) groups is 1. The van der Waals surface area contributed by atoms with Gasteiger partial charge in [0, 0.05) is 38.5 Å². The van der Waals surface area contributed by atoms with Crippen LogP contribution in [0, 0.1) is 17.0 Å². The molecular formula is C19H20N6O3. The number of nitro groups is 1. The van der Waals surface area contributed by atoms with Crippen molar-refractivity contribution in [2.24, 2.45) is 0 Å². The van der Waals surface area contributed by atoms with Gasteiger partial charge in [0.25, 0.3) is 11.6 Å². The lowest BCUT2D eigenvalue weighted by atomic mass is 10.2. The molecular weight excluding hydrogens is 360 g/mol. The average molecular weight is 380 g/mol. The first-order valence-corrected chi connectivity index (χ1v) is 8.58. The van der Waals surface area contributed by atoms with Gasteiger partial charge in [-0.25, -0.2) is 4.68 Å². The monoisotopic (exact) mass is 380 g/mol. The summed E-state index contributed by atoms with van der Waals surface area (Å²) < 4.78 is 1.41. The molecule has 1 aromatic heterocycles. The lowest BCUT2D eigenvalue weighted by molar-refractivity contribution is -0.384. The molecule has 3 rings (SSSR count). The van der Waals surface area contributed by atoms with E-state index in [2.05, 4.69) is 15.6 Å². The Morgan fingerprint density at radius 1 is 1.21 bits per heavy atom. The van der Waals surface area contributed by atoms with Crippen molar-refractivity contribution in [2.75, 3.05) is 19.0 Å². The van der Waals surface area contributed by atoms with Crippen molar-refractivity contribution in [3.63, 3.8) is 0 Å². The van der Waals surface area contributed by atoms with Gasteiger partial charge in [-0.05, 0) is 30.7 Å². The topological polar surface area (TPSA) is 106 Å². The molecule has 0 saturated heterocycles. The number of carbonyl (C=O) groups excluding carboxylic acids is 1. The maximum absolute atomic E-state index is 12.5. The first-order chi connectivity index (χ1) is 13.4. The summed E-state index contributed by atoms with van der Waals surface area (Å²) in [6.07, 6.45) is 0. The first-order valence-electron chi connectivity index (χ1n) is 8.58. The predicted octanol–water partition coefficient (Wildman–Crippen LogP) is 2.48. The summed E-state index contributed by atoms with van der Waals surface area (Å²) in [6.45, 7) is 2.05. The van der Waals surface area contributed by atoms with Gasteiger partial charge in [0.15, 0.2) is 5.69 Å². The van der Waals surface area contributed by atoms with Crippen LogP contribution >= 0.6 is 0 Å². The summed E-state index contributed by atoms with van der Waals surface area (Å²) in [6, 6.07) is 13.9. The minimum Gasteiger partial charge on any atom is -0.378 e. The Hall–Kier alpha value is -3.75. The molecule has 0 unspecified atom stereocenters. The predicted molar refractivity (Wildman–Crippen MR) is 105 cm³/mol. The maximum Gasteiger partial charge on any atom is 0.274 e. The van der Waals surface area contributed by atoms with Crippen LogP contribution in [0.15, 0.2) is 48.5 Å². The number of non-ortho nitro benzene ring substituents is 1. The maximum atomic E-state index is 12.5. The van der Waals surface area contributed by atoms with E-state index in [1.165, 1.54) is 16.8 Å². The number of anilines is 1. The molecule has 9 nitrogen and oxygen atoms in total. The van der Waals surface area contributed by atoms with Crippen molar-refractivity contribution >= 4 is 17.3 Å². The fraction of sp³-hybridized carbons (Fsp3) is 0.211. The van der Waals surface area contributed by atoms with Crippen molar-refractivity contribution in [1.82, 2.24) is 20.3 Å². The molecule has 0 aliphatic carbocycles. The zero-order chi connectivity index (χ0) is 20.3. The molecule has 0 atom stereocenters. The fourth-order valence-corrected chi connectivity index (χ4v) is 2.70. The molecule has 0 spiro atoms. The van der Waals surface area contributed by atoms with Crippen LogP contribution in [0.4, 0.5) is 11.4 Å². The largest absolute Gasteiger partial charge is 0.378 e. The van der Waals surface area contributed by atoms with E-state index in [9.17, 15) is 14.9 Å². The number of benzene rings is 2. The highest BCUT2D eigenvalue weighted by Crippen LogP contribution is 2.18. The minimum absolute atomic E-state index is 0.0560. The van der Waals surface area contributed by atoms with Crippen molar-refractivity contribution in [3.8, 4) is 5.69 Å². The van der Waals surface area contributed by atoms with E-state index in [4.69, 9.17) is 0 Å². The minimum atomic E-state index is -0.481. The van der Waals surface area contributed by atoms with E-state index >= 15 is 0 Å². The van der Waals surface area contributed by atoms with E-state index in [0.29, 0.717) is 17.9 Å². The zero-order valence-corrected chi connectivity index (χ0v) is 15.8. The average Bonchev–Trinajstić information content (AvgIpc) is 3.08. The van der Waals surface area contributed by atoms with Crippen LogP contribution < -0.4 is 10.2 Å². The quantitative estimate of drug-likeness (QED) is 0.520. The highest BCUT2D eigenvalue weighted by atomic mass is 16.6. The number of nitro benzene ring substituents is 1. The summed E-state index contributed by atoms with van der Waals surface area (Å²) >= 11 is 0. The van der Waals surface area contributed by atoms with Crippen molar-refractivity contribution < 1.29 is 9.72 Å². The Morgan fingerprint density at radius 2 is 1.93 bits per heavy atom. The normalized spacial score (nSPS) is 10.5. The van der Waals surface area contributed by atoms with Crippen LogP contribution in [0.25, 0.3) is 5.69 Å². The van der Waals surface area contributed by atoms with Crippen LogP contribution in [0.5, 0.6) is 0 Å². The summed E-state index contributed by atoms with van der Waals surface area (Å²) in [5, 5.41) is 21.7. The molecule has 2 aromatic carbocycles. The molecule has 1 amide bonds. The van der Waals surface area contributed by atoms with Gasteiger partial charge < -0.3 is 10.2 Å². The zero-order valence-electron chi connectivity index (χ0n) is 15.8. The number of aromatic nitrogens is 3. The Kier molecular flexibility index (Phi) is 5.35. The third-order valence-corrected chi connectivity index (χ3v) is 4.30. The number of hydrogen-bond donors (Lipinski definition) is 1. The molecule has 1 heterocycles. The standard InChI is InChI=1S/C19H20N6O3/c1-13-18(19(26)20-12-14-7-9-15(10-8-14)23(2)3)21-22-24(13)16-5-4-6-17(11-16)25(27)28/h4-11H,12H2,1-3H3,(H,20,26). The third kappa shape index (κ3) is 3.98. The molecule has 144 valence electrons. The Morgan fingerprint density at radius 3 is 2.57 bits per heavy atom. The lowest BCUT2D eigenvalue weighted by Gasteiger charge is -2.12. The van der Waals surface area contributed by atoms with Crippen LogP contribution in [0.3, 0.4) is 0 Å². The number of nitrogens with one attached hydrogen (secondary N) is 1. The number of rotatable bonds is 6. The summed E-state index contributed by atoms with van der Waals surface area (Å²) in [4.78, 5) is 25.0. The van der Waals surface area contributed by atoms with Gasteiger partial charge in [0.1, 0.15) is 0 Å². The highest BCUT2D eigenvalue weighted by molar-refractivity contribution is 5.93. The molecule has 0 aliphatic heterocycles. The van der Waals surface area contributed by atoms with Crippen molar-refractivity contribution in [2.45, 2.75) is 13.5 Å². The Bertz CT molecular complexity index is 1010. The SMILES string of the molecule is Cc1c(C(=O)NCc2ccc(N(C)C)cc2)nnn1-c1cccc([N+](=O)[O-])c1. The van der Waals surface area contributed by atoms with Gasteiger partial charge in [0.2, 0.25) is 0 Å². The summed E-state index contributed by atoms with van der Waals surface area (Å²) in [7, 11) is 3.93. The van der Waals surface area contributed by atoms with Gasteiger partial charge in [-0.2, -0.15) is 0 Å². The van der Waals surface area contributed by atoms with Crippen LogP contribution in [0.1, 0.15) is 21.7 Å². The molecule has 1 N–H and O–H groups in total. The van der Waals surface area contributed by atoms with E-state index in [-0.39, 0.29) is 17.3 Å². The van der Waals surface area contributed by atoms with Crippen LogP contribution in [-0.2, 0) is 6.54 Å². The van der Waals surface area contributed by atoms with E-state index in [1.807, 2.05) is 43.3 Å². The van der Waals surface area contributed by atoms with Gasteiger partial charge >= 0.3 is 0 Å². The second kappa shape index (κ2) is 7.87. The fourth-order valence-electron chi connectivity index (χ4n) is 2.70. The Balaban J connectivity index is 1.73. The molecule has 3 aromatic rings. The third-order valence-electron chi connectivity index (χ3n) is 4.30. The second-order valence-electron chi connectivity index (χ2n) is 6.46. The molecule has 9 heteroatoms. The number of hydrogen-bond acceptors (Lipinski definition) is 6. The van der Waals surface area contributed by atoms with E-state index in [1.54, 1.807) is 19.1 Å². The Labute approximate surface area is 161 Å². The summed E-state index contributed by atoms with van der Waals surface area (Å²) in [5.41, 5.74) is 3.13. The smallest absolute Gasteiger partial charge is 0.274 e.